The molecule has 0 rings (SSSR count). The topological polar surface area (TPSA) is 191 Å². The van der Waals surface area contributed by atoms with Gasteiger partial charge in [-0.15, -0.1) is 0 Å². The molecule has 3 atom stereocenters. The van der Waals surface area contributed by atoms with E-state index >= 15 is 0 Å². The normalized spacial score (nSPS) is 14.4. The number of aliphatic hydroxyl groups is 2. The van der Waals surface area contributed by atoms with Crippen molar-refractivity contribution in [1.82, 2.24) is 16.0 Å². The minimum absolute atomic E-state index is 0.376. The van der Waals surface area contributed by atoms with Crippen LogP contribution in [0, 0.1) is 0 Å². The van der Waals surface area contributed by atoms with E-state index in [-0.39, 0.29) is 6.54 Å². The number of aliphatic hydroxyl groups excluding tert-OH is 2. The van der Waals surface area contributed by atoms with Crippen LogP contribution in [0.5, 0.6) is 0 Å². The lowest BCUT2D eigenvalue weighted by atomic mass is 10.2. The summed E-state index contributed by atoms with van der Waals surface area (Å²) in [5.41, 5.74) is 5.04. The van der Waals surface area contributed by atoms with Crippen molar-refractivity contribution in [3.63, 3.8) is 0 Å². The molecule has 0 saturated carbocycles. The molecule has 0 aromatic heterocycles. The zero-order chi connectivity index (χ0) is 17.3. The summed E-state index contributed by atoms with van der Waals surface area (Å²) < 4.78 is 0. The van der Waals surface area contributed by atoms with Crippen LogP contribution in [0.3, 0.4) is 0 Å². The lowest BCUT2D eigenvalue weighted by Gasteiger charge is -2.18. The second kappa shape index (κ2) is 9.65. The van der Waals surface area contributed by atoms with Gasteiger partial charge in [-0.3, -0.25) is 14.4 Å². The Bertz CT molecular complexity index is 427. The van der Waals surface area contributed by atoms with Crippen molar-refractivity contribution in [2.75, 3.05) is 19.7 Å². The molecule has 3 unspecified atom stereocenters. The number of aliphatic carboxylic acids is 1. The third-order valence-electron chi connectivity index (χ3n) is 2.51. The van der Waals surface area contributed by atoms with Crippen LogP contribution in [-0.4, -0.2) is 76.9 Å². The highest BCUT2D eigenvalue weighted by Gasteiger charge is 2.25. The second-order valence-electron chi connectivity index (χ2n) is 4.35. The van der Waals surface area contributed by atoms with E-state index in [2.05, 4.69) is 10.6 Å². The molecule has 0 spiro atoms. The number of carboxylic acid groups (broad SMARTS) is 1. The number of hydrogen-bond donors (Lipinski definition) is 7. The van der Waals surface area contributed by atoms with Gasteiger partial charge in [-0.05, 0) is 6.92 Å². The van der Waals surface area contributed by atoms with Gasteiger partial charge >= 0.3 is 5.97 Å². The van der Waals surface area contributed by atoms with Crippen molar-refractivity contribution in [2.45, 2.75) is 25.1 Å². The summed E-state index contributed by atoms with van der Waals surface area (Å²) in [7, 11) is 0. The number of carbonyl (C=O) groups is 4. The maximum atomic E-state index is 11.6. The smallest absolute Gasteiger partial charge is 0.328 e. The third-order valence-corrected chi connectivity index (χ3v) is 2.51. The van der Waals surface area contributed by atoms with Gasteiger partial charge in [0.25, 0.3) is 0 Å². The molecule has 0 saturated heterocycles. The third kappa shape index (κ3) is 6.97. The molecular formula is C11H20N4O7. The van der Waals surface area contributed by atoms with E-state index in [1.807, 2.05) is 5.32 Å². The van der Waals surface area contributed by atoms with Crippen LogP contribution in [0.15, 0.2) is 0 Å². The molecule has 0 bridgehead atoms. The molecule has 0 aromatic rings. The fourth-order valence-electron chi connectivity index (χ4n) is 1.35. The summed E-state index contributed by atoms with van der Waals surface area (Å²) in [6.07, 6.45) is -1.33. The fourth-order valence-corrected chi connectivity index (χ4v) is 1.35. The summed E-state index contributed by atoms with van der Waals surface area (Å²) in [5, 5.41) is 33.2. The van der Waals surface area contributed by atoms with Crippen molar-refractivity contribution >= 4 is 23.7 Å². The molecule has 0 aliphatic heterocycles. The van der Waals surface area contributed by atoms with Gasteiger partial charge in [-0.2, -0.15) is 0 Å². The number of rotatable bonds is 9. The first-order chi connectivity index (χ1) is 10.2. The Hall–Kier alpha value is -2.24. The predicted octanol–water partition coefficient (Wildman–Crippen LogP) is -4.51. The average Bonchev–Trinajstić information content (AvgIpc) is 2.46. The number of nitrogens with one attached hydrogen (secondary N) is 3. The minimum atomic E-state index is -1.52. The highest BCUT2D eigenvalue weighted by atomic mass is 16.4. The number of carboxylic acids is 1. The van der Waals surface area contributed by atoms with E-state index in [0.717, 1.165) is 0 Å². The van der Waals surface area contributed by atoms with Crippen LogP contribution >= 0.6 is 0 Å². The summed E-state index contributed by atoms with van der Waals surface area (Å²) >= 11 is 0. The Balaban J connectivity index is 4.41. The van der Waals surface area contributed by atoms with Crippen molar-refractivity contribution in [1.29, 1.82) is 0 Å². The molecule has 3 amide bonds. The SMILES string of the molecule is CC(O)C(NC(=O)CNC(=O)C(CO)NC(=O)CN)C(=O)O. The summed E-state index contributed by atoms with van der Waals surface area (Å²) in [6.45, 7) is -0.490. The second-order valence-corrected chi connectivity index (χ2v) is 4.35. The molecule has 126 valence electrons. The van der Waals surface area contributed by atoms with Gasteiger partial charge in [0.15, 0.2) is 6.04 Å². The lowest BCUT2D eigenvalue weighted by molar-refractivity contribution is -0.144. The number of hydrogen-bond acceptors (Lipinski definition) is 7. The first-order valence-electron chi connectivity index (χ1n) is 6.31. The summed E-state index contributed by atoms with van der Waals surface area (Å²) in [5.74, 6) is -3.80. The van der Waals surface area contributed by atoms with Crippen LogP contribution in [0.25, 0.3) is 0 Å². The molecule has 11 heteroatoms. The molecule has 0 fully saturated rings. The quantitative estimate of drug-likeness (QED) is 0.221. The molecule has 0 heterocycles. The Morgan fingerprint density at radius 3 is 2.14 bits per heavy atom. The Labute approximate surface area is 125 Å². The maximum Gasteiger partial charge on any atom is 0.328 e. The molecular weight excluding hydrogens is 300 g/mol. The molecule has 0 radical (unpaired) electrons. The van der Waals surface area contributed by atoms with E-state index in [0.29, 0.717) is 0 Å². The van der Waals surface area contributed by atoms with Crippen LogP contribution in [-0.2, 0) is 19.2 Å². The van der Waals surface area contributed by atoms with Gasteiger partial charge in [-0.1, -0.05) is 0 Å². The van der Waals surface area contributed by atoms with Gasteiger partial charge in [0.2, 0.25) is 17.7 Å². The molecule has 8 N–H and O–H groups in total. The highest BCUT2D eigenvalue weighted by molar-refractivity contribution is 5.92. The van der Waals surface area contributed by atoms with Crippen LogP contribution in [0.4, 0.5) is 0 Å². The molecule has 0 aliphatic carbocycles. The molecule has 11 nitrogen and oxygen atoms in total. The zero-order valence-electron chi connectivity index (χ0n) is 11.9. The highest BCUT2D eigenvalue weighted by Crippen LogP contribution is 1.92. The standard InChI is InChI=1S/C11H20N4O7/c1-5(17)9(11(21)22)15-8(19)3-13-10(20)6(4-16)14-7(18)2-12/h5-6,9,16-17H,2-4,12H2,1H3,(H,13,20)(H,14,18)(H,15,19)(H,21,22). The monoisotopic (exact) mass is 320 g/mol. The number of nitrogens with two attached hydrogens (primary N) is 1. The minimum Gasteiger partial charge on any atom is -0.480 e. The van der Waals surface area contributed by atoms with Crippen LogP contribution in [0.2, 0.25) is 0 Å². The van der Waals surface area contributed by atoms with Crippen molar-refractivity contribution in [3.05, 3.63) is 0 Å². The van der Waals surface area contributed by atoms with E-state index < -0.39 is 55.0 Å². The number of amides is 3. The molecule has 0 aromatic carbocycles. The van der Waals surface area contributed by atoms with Gasteiger partial charge < -0.3 is 37.0 Å². The molecule has 0 aliphatic rings. The first kappa shape index (κ1) is 19.8. The Kier molecular flexibility index (Phi) is 8.67. The maximum absolute atomic E-state index is 11.6. The lowest BCUT2D eigenvalue weighted by Crippen LogP contribution is -2.54. The summed E-state index contributed by atoms with van der Waals surface area (Å²) in [4.78, 5) is 44.9. The van der Waals surface area contributed by atoms with Crippen molar-refractivity contribution in [3.8, 4) is 0 Å². The number of carbonyl (C=O) groups excluding carboxylic acids is 3. The Morgan fingerprint density at radius 1 is 1.14 bits per heavy atom. The average molecular weight is 320 g/mol. The van der Waals surface area contributed by atoms with Crippen LogP contribution in [0.1, 0.15) is 6.92 Å². The molecule has 22 heavy (non-hydrogen) atoms. The van der Waals surface area contributed by atoms with E-state index in [1.54, 1.807) is 0 Å². The fraction of sp³-hybridized carbons (Fsp3) is 0.636. The van der Waals surface area contributed by atoms with Crippen molar-refractivity contribution in [2.24, 2.45) is 5.73 Å². The van der Waals surface area contributed by atoms with E-state index in [9.17, 15) is 24.3 Å². The van der Waals surface area contributed by atoms with Gasteiger partial charge in [-0.25, -0.2) is 4.79 Å². The van der Waals surface area contributed by atoms with E-state index in [4.69, 9.17) is 15.9 Å². The summed E-state index contributed by atoms with van der Waals surface area (Å²) in [6, 6.07) is -2.80. The largest absolute Gasteiger partial charge is 0.480 e. The van der Waals surface area contributed by atoms with Gasteiger partial charge in [0.05, 0.1) is 25.8 Å². The first-order valence-corrected chi connectivity index (χ1v) is 6.31. The predicted molar refractivity (Wildman–Crippen MR) is 72.3 cm³/mol. The van der Waals surface area contributed by atoms with E-state index in [1.165, 1.54) is 6.92 Å². The van der Waals surface area contributed by atoms with Gasteiger partial charge in [0.1, 0.15) is 6.04 Å². The zero-order valence-corrected chi connectivity index (χ0v) is 11.9. The Morgan fingerprint density at radius 2 is 1.73 bits per heavy atom. The van der Waals surface area contributed by atoms with Crippen molar-refractivity contribution < 1.29 is 34.5 Å². The van der Waals surface area contributed by atoms with Crippen LogP contribution < -0.4 is 21.7 Å². The van der Waals surface area contributed by atoms with Gasteiger partial charge in [0, 0.05) is 0 Å².